The summed E-state index contributed by atoms with van der Waals surface area (Å²) in [4.78, 5) is 2.46. The van der Waals surface area contributed by atoms with Gasteiger partial charge in [-0.1, -0.05) is 40.0 Å². The van der Waals surface area contributed by atoms with E-state index in [-0.39, 0.29) is 5.67 Å². The fraction of sp³-hybridized carbons (Fsp3) is 1.00. The Bertz CT molecular complexity index is 205. The number of unbranched alkanes of at least 4 members (excludes halogenated alkanes) is 3. The summed E-state index contributed by atoms with van der Waals surface area (Å²) in [6.07, 6.45) is 6.11. The molecule has 4 nitrogen and oxygen atoms in total. The maximum atomic E-state index is 5.65. The molecule has 0 aliphatic heterocycles. The third-order valence-corrected chi connectivity index (χ3v) is 7.09. The highest BCUT2D eigenvalue weighted by Gasteiger charge is 2.48. The maximum absolute atomic E-state index is 5.65. The number of nitrogens with zero attached hydrogens (tertiary/aromatic N) is 1. The normalized spacial score (nSPS) is 14.1. The van der Waals surface area contributed by atoms with E-state index in [2.05, 4.69) is 25.7 Å². The van der Waals surface area contributed by atoms with E-state index in [0.29, 0.717) is 0 Å². The first-order chi connectivity index (χ1) is 9.15. The molecule has 0 fully saturated rings. The number of hydrogen-bond acceptors (Lipinski definition) is 4. The summed E-state index contributed by atoms with van der Waals surface area (Å²) >= 11 is 0. The monoisotopic (exact) mass is 291 g/mol. The number of hydrogen-bond donors (Lipinski definition) is 0. The minimum absolute atomic E-state index is 0.249. The molecule has 0 aromatic carbocycles. The van der Waals surface area contributed by atoms with Gasteiger partial charge in [0, 0.05) is 21.3 Å². The molecule has 0 heterocycles. The molecule has 0 aromatic heterocycles. The van der Waals surface area contributed by atoms with Gasteiger partial charge in [-0.3, -0.25) is 4.90 Å². The summed E-state index contributed by atoms with van der Waals surface area (Å²) in [7, 11) is 2.53. The van der Waals surface area contributed by atoms with Gasteiger partial charge in [0.25, 0.3) is 0 Å². The van der Waals surface area contributed by atoms with E-state index in [1.165, 1.54) is 25.7 Å². The molecule has 0 amide bonds. The zero-order valence-corrected chi connectivity index (χ0v) is 14.7. The van der Waals surface area contributed by atoms with Gasteiger partial charge in [0.2, 0.25) is 0 Å². The van der Waals surface area contributed by atoms with Crippen LogP contribution in [0.5, 0.6) is 0 Å². The Kier molecular flexibility index (Phi) is 10.8. The van der Waals surface area contributed by atoms with Crippen molar-refractivity contribution in [1.29, 1.82) is 0 Å². The lowest BCUT2D eigenvalue weighted by atomic mass is 10.2. The van der Waals surface area contributed by atoms with Crippen molar-refractivity contribution >= 4 is 8.80 Å². The lowest BCUT2D eigenvalue weighted by Crippen LogP contribution is -2.61. The Morgan fingerprint density at radius 3 is 1.84 bits per heavy atom. The quantitative estimate of drug-likeness (QED) is 0.408. The van der Waals surface area contributed by atoms with Gasteiger partial charge in [0.05, 0.1) is 5.67 Å². The smallest absolute Gasteiger partial charge is 0.376 e. The van der Waals surface area contributed by atoms with E-state index in [0.717, 1.165) is 19.5 Å². The predicted octanol–water partition coefficient (Wildman–Crippen LogP) is 3.08. The molecule has 0 spiro atoms. The van der Waals surface area contributed by atoms with Crippen LogP contribution in [0.15, 0.2) is 0 Å². The first-order valence-corrected chi connectivity index (χ1v) is 9.35. The van der Waals surface area contributed by atoms with Gasteiger partial charge >= 0.3 is 8.80 Å². The second-order valence-electron chi connectivity index (χ2n) is 4.83. The zero-order chi connectivity index (χ0) is 14.7. The molecule has 0 rings (SSSR count). The highest BCUT2D eigenvalue weighted by Crippen LogP contribution is 2.21. The summed E-state index contributed by atoms with van der Waals surface area (Å²) in [5.41, 5.74) is 0.249. The molecule has 5 heteroatoms. The van der Waals surface area contributed by atoms with Crippen LogP contribution in [0, 0.1) is 0 Å². The minimum atomic E-state index is -2.57. The summed E-state index contributed by atoms with van der Waals surface area (Å²) in [6, 6.07) is 0. The molecule has 0 N–H and O–H groups in total. The molecule has 0 aliphatic carbocycles. The van der Waals surface area contributed by atoms with Crippen LogP contribution in [0.3, 0.4) is 0 Å². The van der Waals surface area contributed by atoms with Gasteiger partial charge < -0.3 is 13.3 Å². The van der Waals surface area contributed by atoms with Gasteiger partial charge in [-0.25, -0.2) is 0 Å². The van der Waals surface area contributed by atoms with E-state index in [1.807, 2.05) is 0 Å². The van der Waals surface area contributed by atoms with Crippen molar-refractivity contribution in [1.82, 2.24) is 4.90 Å². The van der Waals surface area contributed by atoms with Gasteiger partial charge in [-0.2, -0.15) is 0 Å². The molecular formula is C14H33NO3Si. The predicted molar refractivity (Wildman–Crippen MR) is 82.2 cm³/mol. The van der Waals surface area contributed by atoms with E-state index >= 15 is 0 Å². The first kappa shape index (κ1) is 19.1. The Morgan fingerprint density at radius 1 is 0.895 bits per heavy atom. The summed E-state index contributed by atoms with van der Waals surface area (Å²) < 4.78 is 17.0. The largest absolute Gasteiger partial charge is 0.518 e. The molecule has 0 radical (unpaired) electrons. The molecule has 116 valence electrons. The van der Waals surface area contributed by atoms with Crippen LogP contribution in [0.4, 0.5) is 0 Å². The van der Waals surface area contributed by atoms with Gasteiger partial charge in [-0.05, 0) is 25.9 Å². The average Bonchev–Trinajstić information content (AvgIpc) is 2.46. The Balaban J connectivity index is 4.66. The zero-order valence-electron chi connectivity index (χ0n) is 13.7. The van der Waals surface area contributed by atoms with Crippen molar-refractivity contribution < 1.29 is 13.3 Å². The molecule has 19 heavy (non-hydrogen) atoms. The Morgan fingerprint density at radius 2 is 1.47 bits per heavy atom. The first-order valence-electron chi connectivity index (χ1n) is 7.55. The molecule has 1 unspecified atom stereocenters. The maximum Gasteiger partial charge on any atom is 0.518 e. The molecule has 1 atom stereocenters. The van der Waals surface area contributed by atoms with Crippen LogP contribution in [0.1, 0.15) is 52.9 Å². The van der Waals surface area contributed by atoms with E-state index in [1.54, 1.807) is 21.3 Å². The lowest BCUT2D eigenvalue weighted by molar-refractivity contribution is 0.0732. The Hall–Kier alpha value is 0.0569. The third kappa shape index (κ3) is 5.51. The van der Waals surface area contributed by atoms with Crippen molar-refractivity contribution in [2.75, 3.05) is 34.4 Å². The minimum Gasteiger partial charge on any atom is -0.376 e. The van der Waals surface area contributed by atoms with Crippen LogP contribution in [-0.2, 0) is 13.3 Å². The highest BCUT2D eigenvalue weighted by molar-refractivity contribution is 6.62. The van der Waals surface area contributed by atoms with Crippen molar-refractivity contribution in [3.63, 3.8) is 0 Å². The molecule has 0 aromatic rings. The second kappa shape index (κ2) is 10.8. The standard InChI is InChI=1S/C14H33NO3Si/c1-7-10-11-12-13-15(9-3)14(8-2)19(16-4,17-5)18-6/h14H,7-13H2,1-6H3. The van der Waals surface area contributed by atoms with Crippen LogP contribution >= 0.6 is 0 Å². The number of rotatable bonds is 12. The van der Waals surface area contributed by atoms with Crippen molar-refractivity contribution in [3.05, 3.63) is 0 Å². The third-order valence-electron chi connectivity index (χ3n) is 3.79. The molecule has 0 aliphatic rings. The fourth-order valence-electron chi connectivity index (χ4n) is 2.67. The van der Waals surface area contributed by atoms with Crippen LogP contribution in [0.25, 0.3) is 0 Å². The summed E-state index contributed by atoms with van der Waals surface area (Å²) in [6.45, 7) is 8.72. The molecule has 0 saturated heterocycles. The van der Waals surface area contributed by atoms with E-state index in [9.17, 15) is 0 Å². The second-order valence-corrected chi connectivity index (χ2v) is 7.93. The van der Waals surface area contributed by atoms with Gasteiger partial charge in [-0.15, -0.1) is 0 Å². The Labute approximate surface area is 120 Å². The summed E-state index contributed by atoms with van der Waals surface area (Å²) in [5, 5.41) is 0. The molecular weight excluding hydrogens is 258 g/mol. The van der Waals surface area contributed by atoms with Gasteiger partial charge in [0.15, 0.2) is 0 Å². The topological polar surface area (TPSA) is 30.9 Å². The van der Waals surface area contributed by atoms with E-state index < -0.39 is 8.80 Å². The van der Waals surface area contributed by atoms with Crippen LogP contribution in [0.2, 0.25) is 0 Å². The molecule has 0 saturated carbocycles. The SMILES string of the molecule is CCCCCCN(CC)C(CC)[Si](OC)(OC)OC. The van der Waals surface area contributed by atoms with Crippen molar-refractivity contribution in [3.8, 4) is 0 Å². The molecule has 0 bridgehead atoms. The van der Waals surface area contributed by atoms with Crippen LogP contribution < -0.4 is 0 Å². The highest BCUT2D eigenvalue weighted by atomic mass is 28.4. The average molecular weight is 292 g/mol. The van der Waals surface area contributed by atoms with Crippen molar-refractivity contribution in [2.24, 2.45) is 0 Å². The van der Waals surface area contributed by atoms with Gasteiger partial charge in [0.1, 0.15) is 0 Å². The van der Waals surface area contributed by atoms with Crippen molar-refractivity contribution in [2.45, 2.75) is 58.5 Å². The lowest BCUT2D eigenvalue weighted by Gasteiger charge is -2.39. The summed E-state index contributed by atoms with van der Waals surface area (Å²) in [5.74, 6) is 0. The fourth-order valence-corrected chi connectivity index (χ4v) is 5.24. The van der Waals surface area contributed by atoms with Crippen LogP contribution in [-0.4, -0.2) is 53.8 Å². The van der Waals surface area contributed by atoms with E-state index in [4.69, 9.17) is 13.3 Å².